The lowest BCUT2D eigenvalue weighted by molar-refractivity contribution is -0.119. The Bertz CT molecular complexity index is 345. The SMILES string of the molecule is CNC(=O)CC=N/C(N)=C(/C)CNC1CCNCC1. The van der Waals surface area contributed by atoms with Crippen LogP contribution in [-0.2, 0) is 4.79 Å². The molecule has 0 unspecified atom stereocenters. The molecule has 108 valence electrons. The van der Waals surface area contributed by atoms with Gasteiger partial charge in [0.2, 0.25) is 5.91 Å². The molecule has 0 radical (unpaired) electrons. The molecular weight excluding hydrogens is 242 g/mol. The Morgan fingerprint density at radius 1 is 1.47 bits per heavy atom. The normalized spacial score (nSPS) is 18.4. The maximum atomic E-state index is 11.0. The van der Waals surface area contributed by atoms with Gasteiger partial charge in [-0.25, -0.2) is 4.99 Å². The lowest BCUT2D eigenvalue weighted by Gasteiger charge is -2.24. The van der Waals surface area contributed by atoms with E-state index in [-0.39, 0.29) is 12.3 Å². The fourth-order valence-electron chi connectivity index (χ4n) is 1.85. The molecule has 6 nitrogen and oxygen atoms in total. The highest BCUT2D eigenvalue weighted by Gasteiger charge is 2.11. The van der Waals surface area contributed by atoms with Gasteiger partial charge in [-0.3, -0.25) is 4.79 Å². The zero-order chi connectivity index (χ0) is 14.1. The van der Waals surface area contributed by atoms with Gasteiger partial charge in [0.1, 0.15) is 5.82 Å². The Morgan fingerprint density at radius 2 is 2.16 bits per heavy atom. The molecule has 6 heteroatoms. The molecule has 0 aliphatic carbocycles. The van der Waals surface area contributed by atoms with Crippen LogP contribution in [0.15, 0.2) is 16.4 Å². The second-order valence-corrected chi connectivity index (χ2v) is 4.76. The minimum atomic E-state index is -0.0676. The number of piperidine rings is 1. The molecule has 0 spiro atoms. The van der Waals surface area contributed by atoms with Crippen LogP contribution in [0.25, 0.3) is 0 Å². The van der Waals surface area contributed by atoms with Crippen LogP contribution in [0.1, 0.15) is 26.2 Å². The molecule has 19 heavy (non-hydrogen) atoms. The van der Waals surface area contributed by atoms with Crippen molar-refractivity contribution in [1.82, 2.24) is 16.0 Å². The van der Waals surface area contributed by atoms with E-state index in [4.69, 9.17) is 5.73 Å². The molecule has 0 atom stereocenters. The fraction of sp³-hybridized carbons (Fsp3) is 0.692. The molecule has 1 rings (SSSR count). The minimum Gasteiger partial charge on any atom is -0.384 e. The van der Waals surface area contributed by atoms with E-state index in [1.807, 2.05) is 6.92 Å². The summed E-state index contributed by atoms with van der Waals surface area (Å²) in [7, 11) is 1.60. The van der Waals surface area contributed by atoms with E-state index in [2.05, 4.69) is 20.9 Å². The van der Waals surface area contributed by atoms with Gasteiger partial charge in [-0.15, -0.1) is 0 Å². The van der Waals surface area contributed by atoms with Gasteiger partial charge in [0, 0.05) is 25.8 Å². The average Bonchev–Trinajstić information content (AvgIpc) is 2.45. The smallest absolute Gasteiger partial charge is 0.225 e. The third-order valence-corrected chi connectivity index (χ3v) is 3.22. The summed E-state index contributed by atoms with van der Waals surface area (Å²) in [5, 5.41) is 9.34. The Balaban J connectivity index is 2.33. The summed E-state index contributed by atoms with van der Waals surface area (Å²) in [5.41, 5.74) is 6.86. The van der Waals surface area contributed by atoms with E-state index >= 15 is 0 Å². The van der Waals surface area contributed by atoms with E-state index in [0.29, 0.717) is 11.9 Å². The Labute approximate surface area is 114 Å². The molecule has 1 aliphatic heterocycles. The maximum absolute atomic E-state index is 11.0. The zero-order valence-corrected chi connectivity index (χ0v) is 11.8. The molecule has 0 bridgehead atoms. The first kappa shape index (κ1) is 15.7. The van der Waals surface area contributed by atoms with Gasteiger partial charge < -0.3 is 21.7 Å². The largest absolute Gasteiger partial charge is 0.384 e. The number of amides is 1. The number of carbonyl (C=O) groups excluding carboxylic acids is 1. The van der Waals surface area contributed by atoms with E-state index < -0.39 is 0 Å². The third kappa shape index (κ3) is 6.35. The second-order valence-electron chi connectivity index (χ2n) is 4.76. The molecule has 5 N–H and O–H groups in total. The van der Waals surface area contributed by atoms with Crippen LogP contribution in [0.3, 0.4) is 0 Å². The number of nitrogens with one attached hydrogen (secondary N) is 3. The number of hydrogen-bond acceptors (Lipinski definition) is 5. The summed E-state index contributed by atoms with van der Waals surface area (Å²) < 4.78 is 0. The summed E-state index contributed by atoms with van der Waals surface area (Å²) in [6.07, 6.45) is 4.09. The lowest BCUT2D eigenvalue weighted by atomic mass is 10.1. The van der Waals surface area contributed by atoms with Gasteiger partial charge in [0.25, 0.3) is 0 Å². The molecule has 0 saturated carbocycles. The second kappa shape index (κ2) is 8.66. The van der Waals surface area contributed by atoms with Gasteiger partial charge in [0.05, 0.1) is 6.42 Å². The van der Waals surface area contributed by atoms with Crippen LogP contribution < -0.4 is 21.7 Å². The molecule has 1 heterocycles. The van der Waals surface area contributed by atoms with Crippen molar-refractivity contribution in [1.29, 1.82) is 0 Å². The van der Waals surface area contributed by atoms with Gasteiger partial charge in [-0.05, 0) is 38.4 Å². The van der Waals surface area contributed by atoms with E-state index in [1.54, 1.807) is 13.3 Å². The van der Waals surface area contributed by atoms with Crippen molar-refractivity contribution in [2.24, 2.45) is 10.7 Å². The average molecular weight is 267 g/mol. The van der Waals surface area contributed by atoms with Crippen molar-refractivity contribution >= 4 is 12.1 Å². The molecule has 1 aliphatic rings. The van der Waals surface area contributed by atoms with Gasteiger partial charge >= 0.3 is 0 Å². The number of hydrogen-bond donors (Lipinski definition) is 4. The first-order chi connectivity index (χ1) is 9.13. The predicted molar refractivity (Wildman–Crippen MR) is 78.0 cm³/mol. The molecule has 0 aromatic heterocycles. The quantitative estimate of drug-likeness (QED) is 0.498. The van der Waals surface area contributed by atoms with Gasteiger partial charge in [-0.1, -0.05) is 0 Å². The molecule has 0 aromatic rings. The minimum absolute atomic E-state index is 0.0676. The predicted octanol–water partition coefficient (Wildman–Crippen LogP) is -0.275. The summed E-state index contributed by atoms with van der Waals surface area (Å²) in [5.74, 6) is 0.423. The van der Waals surface area contributed by atoms with Gasteiger partial charge in [0.15, 0.2) is 0 Å². The van der Waals surface area contributed by atoms with Crippen LogP contribution in [-0.4, -0.2) is 44.8 Å². The standard InChI is InChI=1S/C13H25N5O/c1-10(9-18-11-3-6-16-7-4-11)13(14)17-8-5-12(19)15-2/h8,11,16,18H,3-7,9,14H2,1-2H3,(H,15,19)/b13-10-,17-8?. The van der Waals surface area contributed by atoms with Crippen molar-refractivity contribution in [3.8, 4) is 0 Å². The maximum Gasteiger partial charge on any atom is 0.225 e. The summed E-state index contributed by atoms with van der Waals surface area (Å²) in [6.45, 7) is 4.84. The lowest BCUT2D eigenvalue weighted by Crippen LogP contribution is -2.40. The monoisotopic (exact) mass is 267 g/mol. The van der Waals surface area contributed by atoms with E-state index in [0.717, 1.165) is 38.0 Å². The number of carbonyl (C=O) groups is 1. The van der Waals surface area contributed by atoms with Crippen LogP contribution in [0, 0.1) is 0 Å². The molecule has 1 fully saturated rings. The van der Waals surface area contributed by atoms with Crippen LogP contribution in [0.5, 0.6) is 0 Å². The fourth-order valence-corrected chi connectivity index (χ4v) is 1.85. The van der Waals surface area contributed by atoms with Crippen molar-refractivity contribution in [2.75, 3.05) is 26.7 Å². The Morgan fingerprint density at radius 3 is 2.79 bits per heavy atom. The van der Waals surface area contributed by atoms with Crippen LogP contribution in [0.4, 0.5) is 0 Å². The summed E-state index contributed by atoms with van der Waals surface area (Å²) in [4.78, 5) is 15.1. The molecule has 1 saturated heterocycles. The Kier molecular flexibility index (Phi) is 7.14. The van der Waals surface area contributed by atoms with Crippen molar-refractivity contribution in [3.63, 3.8) is 0 Å². The highest BCUT2D eigenvalue weighted by molar-refractivity contribution is 5.89. The first-order valence-corrected chi connectivity index (χ1v) is 6.76. The molecular formula is C13H25N5O. The third-order valence-electron chi connectivity index (χ3n) is 3.22. The van der Waals surface area contributed by atoms with E-state index in [9.17, 15) is 4.79 Å². The highest BCUT2D eigenvalue weighted by Crippen LogP contribution is 2.04. The number of rotatable bonds is 6. The molecule has 1 amide bonds. The van der Waals surface area contributed by atoms with Crippen LogP contribution >= 0.6 is 0 Å². The Hall–Kier alpha value is -1.40. The zero-order valence-electron chi connectivity index (χ0n) is 11.8. The number of nitrogens with zero attached hydrogens (tertiary/aromatic N) is 1. The van der Waals surface area contributed by atoms with Gasteiger partial charge in [-0.2, -0.15) is 0 Å². The number of nitrogens with two attached hydrogens (primary N) is 1. The summed E-state index contributed by atoms with van der Waals surface area (Å²) in [6, 6.07) is 0.554. The van der Waals surface area contributed by atoms with Crippen molar-refractivity contribution < 1.29 is 4.79 Å². The van der Waals surface area contributed by atoms with E-state index in [1.165, 1.54) is 0 Å². The van der Waals surface area contributed by atoms with Crippen molar-refractivity contribution in [3.05, 3.63) is 11.4 Å². The van der Waals surface area contributed by atoms with Crippen LogP contribution in [0.2, 0.25) is 0 Å². The molecule has 0 aromatic carbocycles. The van der Waals surface area contributed by atoms with Crippen molar-refractivity contribution in [2.45, 2.75) is 32.2 Å². The topological polar surface area (TPSA) is 91.5 Å². The summed E-state index contributed by atoms with van der Waals surface area (Å²) >= 11 is 0. The highest BCUT2D eigenvalue weighted by atomic mass is 16.1. The number of aliphatic imine (C=N–C) groups is 1. The first-order valence-electron chi connectivity index (χ1n) is 6.76.